The van der Waals surface area contributed by atoms with Crippen LogP contribution in [-0.4, -0.2) is 32.2 Å². The highest BCUT2D eigenvalue weighted by molar-refractivity contribution is 5.97. The SMILES string of the molecule is O=C1COc2ccccc2N1Cc1nc(-c2ccc3c(c2)ncn3C2CCCC2)no1. The van der Waals surface area contributed by atoms with Gasteiger partial charge in [0.2, 0.25) is 11.7 Å². The molecule has 31 heavy (non-hydrogen) atoms. The average molecular weight is 415 g/mol. The Labute approximate surface area is 178 Å². The predicted molar refractivity (Wildman–Crippen MR) is 114 cm³/mol. The Hall–Kier alpha value is -3.68. The van der Waals surface area contributed by atoms with Crippen LogP contribution >= 0.6 is 0 Å². The molecule has 0 unspecified atom stereocenters. The van der Waals surface area contributed by atoms with Crippen LogP contribution in [0.25, 0.3) is 22.4 Å². The van der Waals surface area contributed by atoms with E-state index in [-0.39, 0.29) is 19.1 Å². The Morgan fingerprint density at radius 2 is 1.97 bits per heavy atom. The second kappa shape index (κ2) is 7.23. The van der Waals surface area contributed by atoms with Gasteiger partial charge in [0.15, 0.2) is 6.61 Å². The van der Waals surface area contributed by atoms with Crippen LogP contribution in [0.3, 0.4) is 0 Å². The molecular weight excluding hydrogens is 394 g/mol. The van der Waals surface area contributed by atoms with Gasteiger partial charge in [-0.05, 0) is 43.2 Å². The number of carbonyl (C=O) groups is 1. The number of benzene rings is 2. The Kier molecular flexibility index (Phi) is 4.22. The smallest absolute Gasteiger partial charge is 0.265 e. The minimum atomic E-state index is -0.141. The Morgan fingerprint density at radius 3 is 2.87 bits per heavy atom. The summed E-state index contributed by atoms with van der Waals surface area (Å²) in [5.74, 6) is 1.39. The van der Waals surface area contributed by atoms with E-state index < -0.39 is 0 Å². The maximum Gasteiger partial charge on any atom is 0.265 e. The van der Waals surface area contributed by atoms with Crippen LogP contribution < -0.4 is 9.64 Å². The lowest BCUT2D eigenvalue weighted by Crippen LogP contribution is -2.38. The van der Waals surface area contributed by atoms with Gasteiger partial charge >= 0.3 is 0 Å². The van der Waals surface area contributed by atoms with E-state index in [0.29, 0.717) is 29.2 Å². The van der Waals surface area contributed by atoms with Crippen molar-refractivity contribution in [3.63, 3.8) is 0 Å². The molecule has 1 aliphatic carbocycles. The summed E-state index contributed by atoms with van der Waals surface area (Å²) in [4.78, 5) is 23.1. The first-order valence-corrected chi connectivity index (χ1v) is 10.6. The van der Waals surface area contributed by atoms with Crippen LogP contribution in [-0.2, 0) is 11.3 Å². The van der Waals surface area contributed by atoms with Crippen molar-refractivity contribution < 1.29 is 14.1 Å². The van der Waals surface area contributed by atoms with E-state index in [2.05, 4.69) is 25.8 Å². The number of para-hydroxylation sites is 2. The number of nitrogens with zero attached hydrogens (tertiary/aromatic N) is 5. The minimum Gasteiger partial charge on any atom is -0.482 e. The first kappa shape index (κ1) is 18.1. The number of ether oxygens (including phenoxy) is 1. The Bertz CT molecular complexity index is 1270. The summed E-state index contributed by atoms with van der Waals surface area (Å²) in [6.45, 7) is 0.198. The quantitative estimate of drug-likeness (QED) is 0.498. The minimum absolute atomic E-state index is 0.00166. The molecule has 8 heteroatoms. The van der Waals surface area contributed by atoms with Crippen LogP contribution in [0.15, 0.2) is 53.3 Å². The van der Waals surface area contributed by atoms with Gasteiger partial charge in [0.1, 0.15) is 12.3 Å². The molecule has 2 aliphatic rings. The normalized spacial score (nSPS) is 16.6. The molecule has 156 valence electrons. The maximum absolute atomic E-state index is 12.4. The molecule has 1 fully saturated rings. The van der Waals surface area contributed by atoms with Gasteiger partial charge in [-0.25, -0.2) is 4.98 Å². The molecule has 2 aromatic heterocycles. The van der Waals surface area contributed by atoms with Crippen molar-refractivity contribution >= 4 is 22.6 Å². The molecule has 4 aromatic rings. The van der Waals surface area contributed by atoms with Crippen LogP contribution in [0, 0.1) is 0 Å². The summed E-state index contributed by atoms with van der Waals surface area (Å²) in [5, 5.41) is 4.13. The lowest BCUT2D eigenvalue weighted by atomic mass is 10.1. The van der Waals surface area contributed by atoms with Crippen molar-refractivity contribution in [3.05, 3.63) is 54.7 Å². The number of hydrogen-bond acceptors (Lipinski definition) is 6. The molecule has 0 saturated heterocycles. The van der Waals surface area contributed by atoms with E-state index in [9.17, 15) is 4.79 Å². The van der Waals surface area contributed by atoms with E-state index >= 15 is 0 Å². The van der Waals surface area contributed by atoms with Gasteiger partial charge < -0.3 is 13.8 Å². The molecule has 3 heterocycles. The third-order valence-electron chi connectivity index (χ3n) is 6.12. The largest absolute Gasteiger partial charge is 0.482 e. The first-order valence-electron chi connectivity index (χ1n) is 10.6. The first-order chi connectivity index (χ1) is 15.3. The highest BCUT2D eigenvalue weighted by Gasteiger charge is 2.27. The van der Waals surface area contributed by atoms with E-state index in [1.807, 2.05) is 42.7 Å². The van der Waals surface area contributed by atoms with Gasteiger partial charge in [-0.15, -0.1) is 0 Å². The maximum atomic E-state index is 12.4. The molecule has 1 amide bonds. The third-order valence-corrected chi connectivity index (χ3v) is 6.12. The van der Waals surface area contributed by atoms with Crippen LogP contribution in [0.2, 0.25) is 0 Å². The molecule has 1 aliphatic heterocycles. The van der Waals surface area contributed by atoms with E-state index in [1.54, 1.807) is 4.90 Å². The number of amides is 1. The fourth-order valence-corrected chi connectivity index (χ4v) is 4.54. The molecule has 0 spiro atoms. The van der Waals surface area contributed by atoms with Crippen molar-refractivity contribution in [2.24, 2.45) is 0 Å². The van der Waals surface area contributed by atoms with Crippen LogP contribution in [0.4, 0.5) is 5.69 Å². The van der Waals surface area contributed by atoms with Crippen LogP contribution in [0.5, 0.6) is 5.75 Å². The topological polar surface area (TPSA) is 86.3 Å². The molecule has 0 atom stereocenters. The zero-order chi connectivity index (χ0) is 20.8. The molecular formula is C23H21N5O3. The Morgan fingerprint density at radius 1 is 1.10 bits per heavy atom. The third kappa shape index (κ3) is 3.15. The molecule has 1 saturated carbocycles. The van der Waals surface area contributed by atoms with E-state index in [1.165, 1.54) is 25.7 Å². The fraction of sp³-hybridized carbons (Fsp3) is 0.304. The van der Waals surface area contributed by atoms with Gasteiger partial charge in [0.05, 0.1) is 23.0 Å². The number of aromatic nitrogens is 4. The molecule has 2 aromatic carbocycles. The molecule has 8 nitrogen and oxygen atoms in total. The van der Waals surface area contributed by atoms with Crippen molar-refractivity contribution in [3.8, 4) is 17.1 Å². The monoisotopic (exact) mass is 415 g/mol. The number of rotatable bonds is 4. The number of fused-ring (bicyclic) bond motifs is 2. The summed E-state index contributed by atoms with van der Waals surface area (Å²) in [6.07, 6.45) is 6.93. The summed E-state index contributed by atoms with van der Waals surface area (Å²) in [5.41, 5.74) is 3.60. The predicted octanol–water partition coefficient (Wildman–Crippen LogP) is 4.13. The summed E-state index contributed by atoms with van der Waals surface area (Å²) < 4.78 is 13.2. The molecule has 0 bridgehead atoms. The molecule has 0 N–H and O–H groups in total. The van der Waals surface area contributed by atoms with Gasteiger partial charge in [0, 0.05) is 11.6 Å². The number of carbonyl (C=O) groups excluding carboxylic acids is 1. The van der Waals surface area contributed by atoms with Crippen molar-refractivity contribution in [1.29, 1.82) is 0 Å². The summed E-state index contributed by atoms with van der Waals surface area (Å²) in [7, 11) is 0. The number of imidazole rings is 1. The summed E-state index contributed by atoms with van der Waals surface area (Å²) in [6, 6.07) is 14.0. The average Bonchev–Trinajstić information content (AvgIpc) is 3.56. The molecule has 6 rings (SSSR count). The fourth-order valence-electron chi connectivity index (χ4n) is 4.54. The van der Waals surface area contributed by atoms with E-state index in [0.717, 1.165) is 16.6 Å². The zero-order valence-corrected chi connectivity index (χ0v) is 16.9. The number of hydrogen-bond donors (Lipinski definition) is 0. The van der Waals surface area contributed by atoms with E-state index in [4.69, 9.17) is 9.26 Å². The highest BCUT2D eigenvalue weighted by Crippen LogP contribution is 2.34. The summed E-state index contributed by atoms with van der Waals surface area (Å²) >= 11 is 0. The zero-order valence-electron chi connectivity index (χ0n) is 16.9. The lowest BCUT2D eigenvalue weighted by Gasteiger charge is -2.27. The van der Waals surface area contributed by atoms with Gasteiger partial charge in [-0.3, -0.25) is 9.69 Å². The molecule has 0 radical (unpaired) electrons. The van der Waals surface area contributed by atoms with Gasteiger partial charge in [-0.2, -0.15) is 4.98 Å². The number of anilines is 1. The van der Waals surface area contributed by atoms with Crippen molar-refractivity contribution in [2.45, 2.75) is 38.3 Å². The second-order valence-corrected chi connectivity index (χ2v) is 8.04. The van der Waals surface area contributed by atoms with Crippen molar-refractivity contribution in [2.75, 3.05) is 11.5 Å². The Balaban J connectivity index is 1.27. The highest BCUT2D eigenvalue weighted by atomic mass is 16.5. The van der Waals surface area contributed by atoms with Crippen molar-refractivity contribution in [1.82, 2.24) is 19.7 Å². The lowest BCUT2D eigenvalue weighted by molar-refractivity contribution is -0.121. The van der Waals surface area contributed by atoms with Gasteiger partial charge in [-0.1, -0.05) is 30.1 Å². The second-order valence-electron chi connectivity index (χ2n) is 8.04. The standard InChI is InChI=1S/C23H21N5O3/c29-22-13-30-20-8-4-3-7-19(20)27(22)12-21-25-23(26-31-21)15-9-10-18-17(11-15)24-14-28(18)16-5-1-2-6-16/h3-4,7-11,14,16H,1-2,5-6,12-13H2. The van der Waals surface area contributed by atoms with Crippen LogP contribution in [0.1, 0.15) is 37.6 Å². The van der Waals surface area contributed by atoms with Gasteiger partial charge in [0.25, 0.3) is 5.91 Å².